The van der Waals surface area contributed by atoms with Crippen molar-refractivity contribution in [2.24, 2.45) is 11.5 Å². The zero-order valence-corrected chi connectivity index (χ0v) is 35.2. The summed E-state index contributed by atoms with van der Waals surface area (Å²) >= 11 is 0. The Kier molecular flexibility index (Phi) is 41.7. The molecule has 0 aliphatic rings. The largest absolute Gasteiger partial charge is 0.447 e. The second kappa shape index (κ2) is 42.6. The Morgan fingerprint density at radius 2 is 0.519 bits per heavy atom. The van der Waals surface area contributed by atoms with E-state index >= 15 is 0 Å². The Morgan fingerprint density at radius 1 is 0.327 bits per heavy atom. The molecule has 0 aromatic rings. The predicted octanol–water partition coefficient (Wildman–Crippen LogP) is 14.3. The van der Waals surface area contributed by atoms with Crippen LogP contribution in [-0.2, 0) is 19.1 Å². The number of ether oxygens (including phenoxy) is 2. The molecule has 6 nitrogen and oxygen atoms in total. The van der Waals surface area contributed by atoms with Crippen LogP contribution in [0, 0.1) is 0 Å². The molecule has 0 aliphatic heterocycles. The van der Waals surface area contributed by atoms with E-state index in [2.05, 4.69) is 13.8 Å². The smallest absolute Gasteiger partial charge is 0.307 e. The molecular weight excluding hydrogens is 645 g/mol. The van der Waals surface area contributed by atoms with Crippen molar-refractivity contribution in [3.8, 4) is 0 Å². The summed E-state index contributed by atoms with van der Waals surface area (Å²) in [4.78, 5) is 24.3. The number of rotatable bonds is 43. The fourth-order valence-electron chi connectivity index (χ4n) is 7.25. The Morgan fingerprint density at radius 3 is 0.750 bits per heavy atom. The van der Waals surface area contributed by atoms with Gasteiger partial charge < -0.3 is 9.47 Å². The lowest BCUT2D eigenvalue weighted by atomic mass is 10.0. The number of unbranched alkanes of at least 4 members (excludes halogenated alkanes) is 33. The molecule has 52 heavy (non-hydrogen) atoms. The first-order valence-electron chi connectivity index (χ1n) is 23.4. The summed E-state index contributed by atoms with van der Waals surface area (Å²) in [7, 11) is 0. The van der Waals surface area contributed by atoms with E-state index in [-0.39, 0.29) is 11.9 Å². The minimum Gasteiger partial charge on any atom is -0.447 e. The first kappa shape index (κ1) is 50.9. The van der Waals surface area contributed by atoms with Crippen molar-refractivity contribution in [3.63, 3.8) is 0 Å². The van der Waals surface area contributed by atoms with E-state index in [0.717, 1.165) is 64.2 Å². The van der Waals surface area contributed by atoms with E-state index in [1.54, 1.807) is 0 Å². The number of hydrogen-bond acceptors (Lipinski definition) is 6. The lowest BCUT2D eigenvalue weighted by Gasteiger charge is -2.13. The number of hydrogen-bond donors (Lipinski definition) is 2. The average molecular weight is 737 g/mol. The molecule has 0 bridgehead atoms. The van der Waals surface area contributed by atoms with Crippen LogP contribution >= 0.6 is 0 Å². The lowest BCUT2D eigenvalue weighted by molar-refractivity contribution is -0.150. The van der Waals surface area contributed by atoms with Crippen LogP contribution in [0.4, 0.5) is 0 Å². The summed E-state index contributed by atoms with van der Waals surface area (Å²) in [6.07, 6.45) is 47.5. The van der Waals surface area contributed by atoms with E-state index in [1.807, 2.05) is 0 Å². The van der Waals surface area contributed by atoms with E-state index < -0.39 is 12.5 Å². The van der Waals surface area contributed by atoms with E-state index in [4.69, 9.17) is 20.9 Å². The summed E-state index contributed by atoms with van der Waals surface area (Å²) < 4.78 is 10.8. The quantitative estimate of drug-likeness (QED) is 0.0367. The van der Waals surface area contributed by atoms with Gasteiger partial charge in [0.05, 0.1) is 0 Å². The van der Waals surface area contributed by atoms with Gasteiger partial charge in [0.25, 0.3) is 0 Å². The van der Waals surface area contributed by atoms with Crippen molar-refractivity contribution in [1.82, 2.24) is 0 Å². The maximum Gasteiger partial charge on any atom is 0.307 e. The van der Waals surface area contributed by atoms with Crippen molar-refractivity contribution in [3.05, 3.63) is 0 Å². The van der Waals surface area contributed by atoms with Gasteiger partial charge >= 0.3 is 11.9 Å². The normalized spacial score (nSPS) is 12.6. The van der Waals surface area contributed by atoms with E-state index in [1.165, 1.54) is 180 Å². The van der Waals surface area contributed by atoms with Gasteiger partial charge in [-0.05, 0) is 38.5 Å². The Hall–Kier alpha value is -1.14. The van der Waals surface area contributed by atoms with Crippen LogP contribution in [0.5, 0.6) is 0 Å². The van der Waals surface area contributed by atoms with Crippen LogP contribution in [0.15, 0.2) is 0 Å². The van der Waals surface area contributed by atoms with Gasteiger partial charge in [-0.25, -0.2) is 0 Å². The minimum absolute atomic E-state index is 0.170. The molecule has 0 radical (unpaired) electrons. The fourth-order valence-corrected chi connectivity index (χ4v) is 7.25. The Labute approximate surface area is 324 Å². The Balaban J connectivity index is 3.41. The van der Waals surface area contributed by atoms with Crippen LogP contribution in [0.3, 0.4) is 0 Å². The topological polar surface area (TPSA) is 105 Å². The summed E-state index contributed by atoms with van der Waals surface area (Å²) in [5, 5.41) is 0. The lowest BCUT2D eigenvalue weighted by Crippen LogP contribution is -2.27. The number of carbonyl (C=O) groups is 2. The Bertz CT molecular complexity index is 673. The predicted molar refractivity (Wildman–Crippen MR) is 224 cm³/mol. The molecule has 0 spiro atoms. The maximum atomic E-state index is 12.1. The zero-order valence-electron chi connectivity index (χ0n) is 35.2. The highest BCUT2D eigenvalue weighted by Crippen LogP contribution is 2.17. The van der Waals surface area contributed by atoms with Crippen molar-refractivity contribution >= 4 is 11.9 Å². The van der Waals surface area contributed by atoms with Crippen molar-refractivity contribution in [1.29, 1.82) is 0 Å². The van der Waals surface area contributed by atoms with Gasteiger partial charge in [-0.15, -0.1) is 0 Å². The summed E-state index contributed by atoms with van der Waals surface area (Å²) in [5.74, 6) is -0.339. The van der Waals surface area contributed by atoms with E-state index in [0.29, 0.717) is 12.8 Å². The molecule has 0 heterocycles. The van der Waals surface area contributed by atoms with Crippen LogP contribution < -0.4 is 11.5 Å². The van der Waals surface area contributed by atoms with Crippen LogP contribution in [0.1, 0.15) is 271 Å². The number of nitrogens with two attached hydrogens (primary N) is 2. The second-order valence-corrected chi connectivity index (χ2v) is 16.2. The van der Waals surface area contributed by atoms with Crippen molar-refractivity contribution in [2.45, 2.75) is 283 Å². The average Bonchev–Trinajstić information content (AvgIpc) is 3.12. The monoisotopic (exact) mass is 737 g/mol. The highest BCUT2D eigenvalue weighted by molar-refractivity contribution is 5.69. The summed E-state index contributed by atoms with van der Waals surface area (Å²) in [6, 6.07) is 0. The molecule has 0 aromatic carbocycles. The van der Waals surface area contributed by atoms with Crippen molar-refractivity contribution in [2.75, 3.05) is 0 Å². The molecule has 0 saturated carbocycles. The van der Waals surface area contributed by atoms with Crippen LogP contribution in [0.2, 0.25) is 0 Å². The van der Waals surface area contributed by atoms with Gasteiger partial charge in [-0.1, -0.05) is 219 Å². The molecule has 2 atom stereocenters. The molecule has 2 unspecified atom stereocenters. The zero-order chi connectivity index (χ0) is 38.0. The second-order valence-electron chi connectivity index (χ2n) is 16.2. The maximum absolute atomic E-state index is 12.1. The molecule has 310 valence electrons. The third-order valence-corrected chi connectivity index (χ3v) is 10.8. The number of carbonyl (C=O) groups excluding carboxylic acids is 2. The molecule has 4 N–H and O–H groups in total. The van der Waals surface area contributed by atoms with Crippen LogP contribution in [0.25, 0.3) is 0 Å². The summed E-state index contributed by atoms with van der Waals surface area (Å²) in [6.45, 7) is 4.56. The molecule has 0 fully saturated rings. The third kappa shape index (κ3) is 41.6. The van der Waals surface area contributed by atoms with Gasteiger partial charge in [0.15, 0.2) is 12.5 Å². The molecule has 0 aliphatic carbocycles. The first-order valence-corrected chi connectivity index (χ1v) is 23.4. The molecule has 6 heteroatoms. The van der Waals surface area contributed by atoms with E-state index in [9.17, 15) is 9.59 Å². The summed E-state index contributed by atoms with van der Waals surface area (Å²) in [5.41, 5.74) is 12.1. The van der Waals surface area contributed by atoms with Crippen molar-refractivity contribution < 1.29 is 19.1 Å². The fraction of sp³-hybridized carbons (Fsp3) is 0.957. The SMILES string of the molecule is CCCCCCCCCCCCCCCCCC(N)OC(=O)CCCCCCCCC(=O)OC(N)CCCCCCCCCCCCCCCCC. The molecular formula is C46H92N2O4. The van der Waals surface area contributed by atoms with Gasteiger partial charge in [-0.2, -0.15) is 0 Å². The van der Waals surface area contributed by atoms with Gasteiger partial charge in [0, 0.05) is 12.8 Å². The van der Waals surface area contributed by atoms with Gasteiger partial charge in [0.2, 0.25) is 0 Å². The first-order chi connectivity index (χ1) is 25.5. The van der Waals surface area contributed by atoms with Gasteiger partial charge in [-0.3, -0.25) is 21.1 Å². The minimum atomic E-state index is -0.466. The standard InChI is InChI=1S/C46H92N2O4/c1-3-5-7-9-11-13-15-17-19-21-23-25-27-31-35-39-43(47)51-45(49)41-37-33-29-30-34-38-42-46(50)52-44(48)40-36-32-28-26-24-22-20-18-16-14-12-10-8-6-4-2/h43-44H,3-42,47-48H2,1-2H3. The highest BCUT2D eigenvalue weighted by Gasteiger charge is 2.11. The number of esters is 2. The molecule has 0 rings (SSSR count). The molecule has 0 saturated heterocycles. The third-order valence-electron chi connectivity index (χ3n) is 10.8. The van der Waals surface area contributed by atoms with Gasteiger partial charge in [0.1, 0.15) is 0 Å². The van der Waals surface area contributed by atoms with Crippen LogP contribution in [-0.4, -0.2) is 24.4 Å². The molecule has 0 amide bonds. The molecule has 0 aromatic heterocycles. The highest BCUT2D eigenvalue weighted by atomic mass is 16.6.